The van der Waals surface area contributed by atoms with Crippen LogP contribution in [-0.2, 0) is 0 Å². The van der Waals surface area contributed by atoms with Crippen molar-refractivity contribution in [2.75, 3.05) is 0 Å². The molecule has 1 aromatic carbocycles. The molecule has 1 aliphatic carbocycles. The van der Waals surface area contributed by atoms with E-state index in [4.69, 9.17) is 17.4 Å². The lowest BCUT2D eigenvalue weighted by molar-refractivity contribution is 0.529. The van der Waals surface area contributed by atoms with Gasteiger partial charge < -0.3 is 0 Å². The van der Waals surface area contributed by atoms with E-state index in [1.54, 1.807) is 0 Å². The van der Waals surface area contributed by atoms with E-state index in [1.165, 1.54) is 31.3 Å². The lowest BCUT2D eigenvalue weighted by Gasteiger charge is -2.20. The molecule has 0 bridgehead atoms. The van der Waals surface area contributed by atoms with Crippen LogP contribution in [0.3, 0.4) is 0 Å². The first kappa shape index (κ1) is 12.6. The molecular weight excluding hydrogens is 232 g/mol. The third-order valence-corrected chi connectivity index (χ3v) is 3.54. The van der Waals surface area contributed by atoms with Crippen LogP contribution in [-0.4, -0.2) is 0 Å². The van der Waals surface area contributed by atoms with Gasteiger partial charge in [-0.3, -0.25) is 11.3 Å². The van der Waals surface area contributed by atoms with Crippen LogP contribution in [0.25, 0.3) is 0 Å². The van der Waals surface area contributed by atoms with Gasteiger partial charge in [-0.15, -0.1) is 0 Å². The van der Waals surface area contributed by atoms with Crippen LogP contribution in [0.1, 0.15) is 43.7 Å². The normalized spacial score (nSPS) is 17.6. The van der Waals surface area contributed by atoms with Gasteiger partial charge >= 0.3 is 0 Å². The minimum Gasteiger partial charge on any atom is -0.271 e. The Balaban J connectivity index is 2.08. The highest BCUT2D eigenvalue weighted by Crippen LogP contribution is 2.28. The summed E-state index contributed by atoms with van der Waals surface area (Å²) < 4.78 is 0. The number of hydrogen-bond acceptors (Lipinski definition) is 2. The quantitative estimate of drug-likeness (QED) is 0.485. The van der Waals surface area contributed by atoms with Gasteiger partial charge in [0.25, 0.3) is 0 Å². The second-order valence-corrected chi connectivity index (χ2v) is 5.02. The number of nitrogens with two attached hydrogens (primary N) is 1. The summed E-state index contributed by atoms with van der Waals surface area (Å²) in [4.78, 5) is 0. The SMILES string of the molecule is NNC(CC1=CCCCC1)c1cccc(Cl)c1. The average Bonchev–Trinajstić information content (AvgIpc) is 2.37. The van der Waals surface area contributed by atoms with Gasteiger partial charge in [0.2, 0.25) is 0 Å². The smallest absolute Gasteiger partial charge is 0.0497 e. The average molecular weight is 251 g/mol. The van der Waals surface area contributed by atoms with E-state index in [-0.39, 0.29) is 6.04 Å². The first-order valence-electron chi connectivity index (χ1n) is 6.19. The molecule has 1 unspecified atom stereocenters. The van der Waals surface area contributed by atoms with Crippen molar-refractivity contribution in [3.05, 3.63) is 46.5 Å². The molecule has 0 radical (unpaired) electrons. The molecule has 0 saturated carbocycles. The van der Waals surface area contributed by atoms with E-state index in [9.17, 15) is 0 Å². The summed E-state index contributed by atoms with van der Waals surface area (Å²) >= 11 is 6.01. The summed E-state index contributed by atoms with van der Waals surface area (Å²) in [5, 5.41) is 0.764. The van der Waals surface area contributed by atoms with Crippen LogP contribution in [0.4, 0.5) is 0 Å². The van der Waals surface area contributed by atoms with Crippen LogP contribution in [0, 0.1) is 0 Å². The van der Waals surface area contributed by atoms with E-state index in [0.29, 0.717) is 0 Å². The highest BCUT2D eigenvalue weighted by atomic mass is 35.5. The van der Waals surface area contributed by atoms with Gasteiger partial charge in [-0.1, -0.05) is 35.4 Å². The van der Waals surface area contributed by atoms with Crippen molar-refractivity contribution < 1.29 is 0 Å². The number of halogens is 1. The largest absolute Gasteiger partial charge is 0.271 e. The lowest BCUT2D eigenvalue weighted by atomic mass is 9.92. The fourth-order valence-electron chi connectivity index (χ4n) is 2.35. The second-order valence-electron chi connectivity index (χ2n) is 4.59. The van der Waals surface area contributed by atoms with Crippen molar-refractivity contribution >= 4 is 11.6 Å². The molecule has 1 aliphatic rings. The standard InChI is InChI=1S/C14H19ClN2/c15-13-8-4-7-12(10-13)14(17-16)9-11-5-2-1-3-6-11/h4-5,7-8,10,14,17H,1-3,6,9,16H2. The summed E-state index contributed by atoms with van der Waals surface area (Å²) in [7, 11) is 0. The minimum absolute atomic E-state index is 0.165. The van der Waals surface area contributed by atoms with E-state index in [0.717, 1.165) is 17.0 Å². The summed E-state index contributed by atoms with van der Waals surface area (Å²) in [6.07, 6.45) is 8.39. The van der Waals surface area contributed by atoms with Crippen molar-refractivity contribution in [2.45, 2.75) is 38.1 Å². The van der Waals surface area contributed by atoms with Crippen LogP contribution < -0.4 is 11.3 Å². The Morgan fingerprint density at radius 1 is 1.35 bits per heavy atom. The Kier molecular flexibility index (Phi) is 4.60. The molecule has 0 aromatic heterocycles. The number of hydrazine groups is 1. The predicted molar refractivity (Wildman–Crippen MR) is 72.7 cm³/mol. The van der Waals surface area contributed by atoms with Crippen LogP contribution in [0.15, 0.2) is 35.9 Å². The van der Waals surface area contributed by atoms with E-state index < -0.39 is 0 Å². The summed E-state index contributed by atoms with van der Waals surface area (Å²) in [5.41, 5.74) is 5.57. The molecule has 0 saturated heterocycles. The van der Waals surface area contributed by atoms with Crippen molar-refractivity contribution in [3.63, 3.8) is 0 Å². The van der Waals surface area contributed by atoms with E-state index in [2.05, 4.69) is 17.6 Å². The van der Waals surface area contributed by atoms with Gasteiger partial charge in [0.05, 0.1) is 0 Å². The summed E-state index contributed by atoms with van der Waals surface area (Å²) in [6.45, 7) is 0. The van der Waals surface area contributed by atoms with Crippen LogP contribution in [0.5, 0.6) is 0 Å². The molecule has 2 nitrogen and oxygen atoms in total. The maximum absolute atomic E-state index is 6.01. The fourth-order valence-corrected chi connectivity index (χ4v) is 2.55. The number of allylic oxidation sites excluding steroid dienone is 1. The van der Waals surface area contributed by atoms with Gasteiger partial charge in [-0.2, -0.15) is 0 Å². The third-order valence-electron chi connectivity index (χ3n) is 3.30. The molecule has 0 aliphatic heterocycles. The molecule has 0 fully saturated rings. The van der Waals surface area contributed by atoms with Gasteiger partial charge in [-0.05, 0) is 49.8 Å². The molecule has 0 heterocycles. The van der Waals surface area contributed by atoms with Crippen molar-refractivity contribution in [1.29, 1.82) is 0 Å². The van der Waals surface area contributed by atoms with E-state index in [1.807, 2.05) is 18.2 Å². The first-order valence-corrected chi connectivity index (χ1v) is 6.57. The monoisotopic (exact) mass is 250 g/mol. The van der Waals surface area contributed by atoms with Crippen molar-refractivity contribution in [1.82, 2.24) is 5.43 Å². The maximum atomic E-state index is 6.01. The Labute approximate surface area is 108 Å². The molecule has 92 valence electrons. The first-order chi connectivity index (χ1) is 8.29. The van der Waals surface area contributed by atoms with Gasteiger partial charge in [0.1, 0.15) is 0 Å². The molecule has 2 rings (SSSR count). The second kappa shape index (κ2) is 6.20. The van der Waals surface area contributed by atoms with Gasteiger partial charge in [0, 0.05) is 11.1 Å². The Bertz CT molecular complexity index is 401. The Hall–Kier alpha value is -0.830. The van der Waals surface area contributed by atoms with Crippen molar-refractivity contribution in [3.8, 4) is 0 Å². The topological polar surface area (TPSA) is 38.0 Å². The van der Waals surface area contributed by atoms with Gasteiger partial charge in [0.15, 0.2) is 0 Å². The molecule has 1 aromatic rings. The van der Waals surface area contributed by atoms with Gasteiger partial charge in [-0.25, -0.2) is 0 Å². The molecule has 0 spiro atoms. The lowest BCUT2D eigenvalue weighted by Crippen LogP contribution is -2.28. The van der Waals surface area contributed by atoms with Crippen molar-refractivity contribution in [2.24, 2.45) is 5.84 Å². The summed E-state index contributed by atoms with van der Waals surface area (Å²) in [5.74, 6) is 5.65. The summed E-state index contributed by atoms with van der Waals surface area (Å²) in [6, 6.07) is 8.07. The van der Waals surface area contributed by atoms with E-state index >= 15 is 0 Å². The number of rotatable bonds is 4. The highest BCUT2D eigenvalue weighted by molar-refractivity contribution is 6.30. The molecule has 1 atom stereocenters. The zero-order valence-corrected chi connectivity index (χ0v) is 10.7. The molecule has 3 heteroatoms. The highest BCUT2D eigenvalue weighted by Gasteiger charge is 2.13. The Morgan fingerprint density at radius 3 is 2.88 bits per heavy atom. The number of benzene rings is 1. The molecular formula is C14H19ClN2. The molecule has 17 heavy (non-hydrogen) atoms. The minimum atomic E-state index is 0.165. The zero-order chi connectivity index (χ0) is 12.1. The number of hydrogen-bond donors (Lipinski definition) is 2. The maximum Gasteiger partial charge on any atom is 0.0497 e. The predicted octanol–water partition coefficient (Wildman–Crippen LogP) is 3.73. The number of nitrogens with one attached hydrogen (secondary N) is 1. The molecule has 0 amide bonds. The zero-order valence-electron chi connectivity index (χ0n) is 9.95. The fraction of sp³-hybridized carbons (Fsp3) is 0.429. The van der Waals surface area contributed by atoms with Crippen LogP contribution in [0.2, 0.25) is 5.02 Å². The third kappa shape index (κ3) is 3.56. The Morgan fingerprint density at radius 2 is 2.24 bits per heavy atom. The van der Waals surface area contributed by atoms with Crippen LogP contribution >= 0.6 is 11.6 Å². The molecule has 3 N–H and O–H groups in total.